The molecule has 0 atom stereocenters. The van der Waals surface area contributed by atoms with Gasteiger partial charge in [-0.15, -0.1) is 0 Å². The molecule has 1 saturated heterocycles. The molecule has 0 bridgehead atoms. The predicted molar refractivity (Wildman–Crippen MR) is 131 cm³/mol. The summed E-state index contributed by atoms with van der Waals surface area (Å²) >= 11 is 0. The summed E-state index contributed by atoms with van der Waals surface area (Å²) in [6.07, 6.45) is 6.79. The molecule has 1 aliphatic rings. The van der Waals surface area contributed by atoms with Crippen molar-refractivity contribution in [1.82, 2.24) is 29.0 Å². The molecule has 0 aromatic carbocycles. The summed E-state index contributed by atoms with van der Waals surface area (Å²) in [5, 5.41) is 9.52. The summed E-state index contributed by atoms with van der Waals surface area (Å²) in [5.74, 6) is 0.181. The molecule has 8 nitrogen and oxygen atoms in total. The zero-order chi connectivity index (χ0) is 23.3. The molecule has 0 radical (unpaired) electrons. The summed E-state index contributed by atoms with van der Waals surface area (Å²) in [6.45, 7) is 7.55. The van der Waals surface area contributed by atoms with Crippen molar-refractivity contribution >= 4 is 16.9 Å². The fourth-order valence-corrected chi connectivity index (χ4v) is 4.66. The quantitative estimate of drug-likeness (QED) is 0.359. The van der Waals surface area contributed by atoms with Crippen LogP contribution < -0.4 is 0 Å². The Morgan fingerprint density at radius 2 is 1.76 bits per heavy atom. The fourth-order valence-electron chi connectivity index (χ4n) is 4.66. The molecule has 0 unspecified atom stereocenters. The minimum atomic E-state index is 0.181. The zero-order valence-corrected chi connectivity index (χ0v) is 19.8. The van der Waals surface area contributed by atoms with Crippen LogP contribution >= 0.6 is 0 Å². The number of hydrogen-bond acceptors (Lipinski definition) is 5. The van der Waals surface area contributed by atoms with E-state index in [9.17, 15) is 4.79 Å². The van der Waals surface area contributed by atoms with Crippen LogP contribution in [0.25, 0.3) is 11.0 Å². The van der Waals surface area contributed by atoms with Gasteiger partial charge in [-0.25, -0.2) is 9.03 Å². The lowest BCUT2D eigenvalue weighted by Gasteiger charge is -2.34. The Labute approximate surface area is 199 Å². The lowest BCUT2D eigenvalue weighted by Crippen LogP contribution is -2.48. The molecule has 34 heavy (non-hydrogen) atoms. The van der Waals surface area contributed by atoms with Crippen molar-refractivity contribution in [1.29, 1.82) is 0 Å². The Hall–Kier alpha value is -3.23. The van der Waals surface area contributed by atoms with Crippen molar-refractivity contribution in [2.75, 3.05) is 39.3 Å². The second-order valence-corrected chi connectivity index (χ2v) is 8.95. The maximum atomic E-state index is 11.5. The van der Waals surface area contributed by atoms with Crippen LogP contribution in [-0.2, 0) is 22.6 Å². The van der Waals surface area contributed by atoms with E-state index >= 15 is 0 Å². The molecule has 4 aromatic rings. The highest BCUT2D eigenvalue weighted by Gasteiger charge is 2.18. The molecule has 178 valence electrons. The van der Waals surface area contributed by atoms with Gasteiger partial charge in [0.1, 0.15) is 0 Å². The van der Waals surface area contributed by atoms with E-state index in [2.05, 4.69) is 23.1 Å². The number of aromatic nitrogens is 4. The minimum Gasteiger partial charge on any atom is -0.375 e. The molecule has 1 fully saturated rings. The first kappa shape index (κ1) is 22.6. The number of pyridine rings is 2. The highest BCUT2D eigenvalue weighted by molar-refractivity contribution is 5.73. The number of carbonyl (C=O) groups excluding carboxylic acids is 1. The number of amides is 1. The molecular weight excluding hydrogens is 428 g/mol. The second kappa shape index (κ2) is 10.4. The predicted octanol–water partition coefficient (Wildman–Crippen LogP) is 3.03. The standard InChI is InChI=1S/C26H32N6O2/c1-21(33)30-15-13-29(14-16-30)10-6-7-17-34-20-25-24(26-9-3-5-12-32(26)28-25)19-22-18-23-8-2-4-11-31(23)27-22/h2-5,8-9,11-12,18H,6-7,10,13-17,19-20H2,1H3. The summed E-state index contributed by atoms with van der Waals surface area (Å²) in [7, 11) is 0. The largest absolute Gasteiger partial charge is 0.375 e. The number of rotatable bonds is 9. The molecule has 8 heteroatoms. The number of fused-ring (bicyclic) bond motifs is 2. The Morgan fingerprint density at radius 1 is 0.971 bits per heavy atom. The van der Waals surface area contributed by atoms with Gasteiger partial charge in [0.25, 0.3) is 0 Å². The summed E-state index contributed by atoms with van der Waals surface area (Å²) < 4.78 is 9.90. The zero-order valence-electron chi connectivity index (χ0n) is 19.8. The third kappa shape index (κ3) is 5.13. The number of ether oxygens (including phenoxy) is 1. The van der Waals surface area contributed by atoms with Gasteiger partial charge in [0.15, 0.2) is 0 Å². The van der Waals surface area contributed by atoms with Crippen molar-refractivity contribution in [2.24, 2.45) is 0 Å². The molecule has 0 aliphatic carbocycles. The van der Waals surface area contributed by atoms with Crippen LogP contribution in [0.4, 0.5) is 0 Å². The molecule has 0 saturated carbocycles. The number of carbonyl (C=O) groups is 1. The van der Waals surface area contributed by atoms with Gasteiger partial charge < -0.3 is 9.64 Å². The lowest BCUT2D eigenvalue weighted by molar-refractivity contribution is -0.130. The lowest BCUT2D eigenvalue weighted by atomic mass is 10.1. The smallest absolute Gasteiger partial charge is 0.219 e. The Bertz CT molecular complexity index is 1220. The van der Waals surface area contributed by atoms with Crippen LogP contribution in [0.2, 0.25) is 0 Å². The van der Waals surface area contributed by atoms with Crippen LogP contribution in [-0.4, -0.2) is 74.3 Å². The Kier molecular flexibility index (Phi) is 6.87. The molecular formula is C26H32N6O2. The first-order valence-corrected chi connectivity index (χ1v) is 12.1. The van der Waals surface area contributed by atoms with Crippen molar-refractivity contribution < 1.29 is 9.53 Å². The maximum Gasteiger partial charge on any atom is 0.219 e. The van der Waals surface area contributed by atoms with E-state index in [1.165, 1.54) is 5.56 Å². The van der Waals surface area contributed by atoms with Gasteiger partial charge in [0.2, 0.25) is 5.91 Å². The monoisotopic (exact) mass is 460 g/mol. The molecule has 1 aliphatic heterocycles. The van der Waals surface area contributed by atoms with Gasteiger partial charge in [-0.2, -0.15) is 10.2 Å². The molecule has 1 amide bonds. The van der Waals surface area contributed by atoms with Gasteiger partial charge in [-0.3, -0.25) is 9.69 Å². The SMILES string of the molecule is CC(=O)N1CCN(CCCCOCc2nn3ccccc3c2Cc2cc3ccccn3n2)CC1. The van der Waals surface area contributed by atoms with E-state index in [1.807, 2.05) is 50.6 Å². The number of hydrogen-bond donors (Lipinski definition) is 0. The molecule has 0 N–H and O–H groups in total. The third-order valence-electron chi connectivity index (χ3n) is 6.57. The van der Waals surface area contributed by atoms with E-state index in [0.29, 0.717) is 6.61 Å². The first-order valence-electron chi connectivity index (χ1n) is 12.1. The second-order valence-electron chi connectivity index (χ2n) is 8.95. The third-order valence-corrected chi connectivity index (χ3v) is 6.57. The number of nitrogens with zero attached hydrogens (tertiary/aromatic N) is 6. The Morgan fingerprint density at radius 3 is 2.56 bits per heavy atom. The average Bonchev–Trinajstić information content (AvgIpc) is 3.42. The van der Waals surface area contributed by atoms with Gasteiger partial charge in [-0.1, -0.05) is 12.1 Å². The van der Waals surface area contributed by atoms with Gasteiger partial charge >= 0.3 is 0 Å². The fraction of sp³-hybridized carbons (Fsp3) is 0.423. The van der Waals surface area contributed by atoms with Crippen molar-refractivity contribution in [2.45, 2.75) is 32.8 Å². The molecule has 4 aromatic heterocycles. The topological polar surface area (TPSA) is 67.4 Å². The number of piperazine rings is 1. The number of unbranched alkanes of at least 4 members (excludes halogenated alkanes) is 1. The van der Waals surface area contributed by atoms with Crippen LogP contribution in [0, 0.1) is 0 Å². The normalized spacial score (nSPS) is 14.9. The van der Waals surface area contributed by atoms with E-state index < -0.39 is 0 Å². The van der Waals surface area contributed by atoms with Crippen molar-refractivity contribution in [3.63, 3.8) is 0 Å². The highest BCUT2D eigenvalue weighted by atomic mass is 16.5. The van der Waals surface area contributed by atoms with E-state index in [4.69, 9.17) is 14.9 Å². The van der Waals surface area contributed by atoms with Crippen LogP contribution in [0.1, 0.15) is 36.7 Å². The molecule has 5 heterocycles. The van der Waals surface area contributed by atoms with E-state index in [0.717, 1.165) is 81.0 Å². The van der Waals surface area contributed by atoms with Gasteiger partial charge in [0, 0.05) is 64.1 Å². The summed E-state index contributed by atoms with van der Waals surface area (Å²) in [4.78, 5) is 15.8. The minimum absolute atomic E-state index is 0.181. The molecule has 0 spiro atoms. The van der Waals surface area contributed by atoms with Crippen LogP contribution in [0.15, 0.2) is 54.9 Å². The Balaban J connectivity index is 1.15. The first-order chi connectivity index (χ1) is 16.7. The highest BCUT2D eigenvalue weighted by Crippen LogP contribution is 2.21. The van der Waals surface area contributed by atoms with Gasteiger partial charge in [-0.05, 0) is 49.7 Å². The van der Waals surface area contributed by atoms with Crippen LogP contribution in [0.5, 0.6) is 0 Å². The van der Waals surface area contributed by atoms with Crippen molar-refractivity contribution in [3.05, 3.63) is 71.8 Å². The van der Waals surface area contributed by atoms with Gasteiger partial charge in [0.05, 0.1) is 29.0 Å². The van der Waals surface area contributed by atoms with E-state index in [1.54, 1.807) is 6.92 Å². The summed E-state index contributed by atoms with van der Waals surface area (Å²) in [5.41, 5.74) is 5.37. The molecule has 5 rings (SSSR count). The summed E-state index contributed by atoms with van der Waals surface area (Å²) in [6, 6.07) is 14.4. The van der Waals surface area contributed by atoms with E-state index in [-0.39, 0.29) is 5.91 Å². The van der Waals surface area contributed by atoms with Crippen LogP contribution in [0.3, 0.4) is 0 Å². The maximum absolute atomic E-state index is 11.5. The van der Waals surface area contributed by atoms with Crippen molar-refractivity contribution in [3.8, 4) is 0 Å². The average molecular weight is 461 g/mol.